The number of rotatable bonds is 5. The van der Waals surface area contributed by atoms with Crippen molar-refractivity contribution in [3.63, 3.8) is 0 Å². The van der Waals surface area contributed by atoms with Gasteiger partial charge in [-0.25, -0.2) is 14.8 Å². The number of aryl methyl sites for hydroxylation is 2. The number of pyridine rings is 1. The van der Waals surface area contributed by atoms with Crippen LogP contribution in [0.3, 0.4) is 0 Å². The molecular formula is C23H26ClN5O3S. The molecule has 2 aromatic rings. The van der Waals surface area contributed by atoms with Crippen molar-refractivity contribution in [2.45, 2.75) is 44.6 Å². The number of thiophene rings is 1. The maximum Gasteiger partial charge on any atom is 0.325 e. The molecule has 0 saturated heterocycles. The molecule has 0 spiro atoms. The number of aromatic nitrogens is 1. The van der Waals surface area contributed by atoms with Crippen LogP contribution >= 0.6 is 22.9 Å². The lowest BCUT2D eigenvalue weighted by Gasteiger charge is -2.37. The minimum absolute atomic E-state index is 0.185. The lowest BCUT2D eigenvalue weighted by Crippen LogP contribution is -2.56. The molecule has 33 heavy (non-hydrogen) atoms. The quantitative estimate of drug-likeness (QED) is 0.675. The molecule has 174 valence electrons. The third kappa shape index (κ3) is 4.63. The van der Waals surface area contributed by atoms with Crippen LogP contribution in [0.5, 0.6) is 5.88 Å². The zero-order chi connectivity index (χ0) is 22.9. The first-order valence-electron chi connectivity index (χ1n) is 11.1. The predicted molar refractivity (Wildman–Crippen MR) is 129 cm³/mol. The van der Waals surface area contributed by atoms with Crippen molar-refractivity contribution in [1.29, 1.82) is 0 Å². The van der Waals surface area contributed by atoms with Crippen LogP contribution in [-0.4, -0.2) is 64.9 Å². The van der Waals surface area contributed by atoms with E-state index in [4.69, 9.17) is 16.3 Å². The number of aliphatic hydroxyl groups excluding tert-OH is 1. The SMILES string of the molecule is COc1nc(C2=CCN(C3N=CN(Cc4cc5c(s4)CCCC5)C(=O)N3)C[C@@H]2O)ccc1Cl. The fourth-order valence-corrected chi connectivity index (χ4v) is 5.91. The molecule has 0 radical (unpaired) electrons. The molecule has 2 aromatic heterocycles. The first kappa shape index (κ1) is 22.3. The largest absolute Gasteiger partial charge is 0.480 e. The Morgan fingerprint density at radius 1 is 1.33 bits per heavy atom. The fraction of sp³-hybridized carbons (Fsp3) is 0.435. The van der Waals surface area contributed by atoms with E-state index in [1.165, 1.54) is 35.3 Å². The van der Waals surface area contributed by atoms with Crippen molar-refractivity contribution in [3.05, 3.63) is 50.3 Å². The Morgan fingerprint density at radius 2 is 2.18 bits per heavy atom. The third-order valence-corrected chi connectivity index (χ3v) is 7.70. The van der Waals surface area contributed by atoms with Crippen molar-refractivity contribution in [2.24, 2.45) is 4.99 Å². The van der Waals surface area contributed by atoms with Gasteiger partial charge in [0.2, 0.25) is 5.88 Å². The van der Waals surface area contributed by atoms with Crippen molar-refractivity contribution in [1.82, 2.24) is 20.1 Å². The lowest BCUT2D eigenvalue weighted by molar-refractivity contribution is 0.104. The van der Waals surface area contributed by atoms with Crippen LogP contribution in [0.25, 0.3) is 5.57 Å². The number of nitrogens with one attached hydrogen (secondary N) is 1. The molecule has 8 nitrogen and oxygen atoms in total. The van der Waals surface area contributed by atoms with Crippen LogP contribution in [0.4, 0.5) is 4.79 Å². The summed E-state index contributed by atoms with van der Waals surface area (Å²) < 4.78 is 5.18. The number of halogens is 1. The highest BCUT2D eigenvalue weighted by Crippen LogP contribution is 2.31. The van der Waals surface area contributed by atoms with Gasteiger partial charge in [-0.15, -0.1) is 11.3 Å². The Bertz CT molecular complexity index is 1090. The monoisotopic (exact) mass is 487 g/mol. The van der Waals surface area contributed by atoms with Crippen molar-refractivity contribution < 1.29 is 14.6 Å². The van der Waals surface area contributed by atoms with Gasteiger partial charge in [-0.3, -0.25) is 9.80 Å². The molecule has 2 N–H and O–H groups in total. The Morgan fingerprint density at radius 3 is 2.94 bits per heavy atom. The topological polar surface area (TPSA) is 90.3 Å². The summed E-state index contributed by atoms with van der Waals surface area (Å²) in [7, 11) is 1.51. The molecule has 1 aliphatic carbocycles. The second kappa shape index (κ2) is 9.42. The Balaban J connectivity index is 1.25. The van der Waals surface area contributed by atoms with E-state index in [1.54, 1.807) is 34.7 Å². The maximum atomic E-state index is 12.8. The van der Waals surface area contributed by atoms with Gasteiger partial charge >= 0.3 is 6.03 Å². The second-order valence-electron chi connectivity index (χ2n) is 8.40. The molecule has 10 heteroatoms. The molecule has 0 bridgehead atoms. The zero-order valence-corrected chi connectivity index (χ0v) is 19.9. The molecule has 2 aliphatic heterocycles. The van der Waals surface area contributed by atoms with Crippen LogP contribution in [0, 0.1) is 0 Å². The number of hydrogen-bond acceptors (Lipinski definition) is 7. The summed E-state index contributed by atoms with van der Waals surface area (Å²) in [4.78, 5) is 27.8. The normalized spacial score (nSPS) is 23.2. The maximum absolute atomic E-state index is 12.8. The van der Waals surface area contributed by atoms with Gasteiger partial charge in [-0.2, -0.15) is 0 Å². The number of fused-ring (bicyclic) bond motifs is 1. The number of aliphatic hydroxyl groups is 1. The number of β-amino-alcohol motifs (C(OH)–C–C–N with tert-alkyl or cyclic N) is 1. The summed E-state index contributed by atoms with van der Waals surface area (Å²) in [6.45, 7) is 1.35. The van der Waals surface area contributed by atoms with Gasteiger partial charge in [0, 0.05) is 28.4 Å². The Kier molecular flexibility index (Phi) is 6.38. The van der Waals surface area contributed by atoms with E-state index >= 15 is 0 Å². The van der Waals surface area contributed by atoms with Gasteiger partial charge in [-0.1, -0.05) is 17.7 Å². The zero-order valence-electron chi connectivity index (χ0n) is 18.3. The number of amides is 2. The smallest absolute Gasteiger partial charge is 0.325 e. The van der Waals surface area contributed by atoms with Gasteiger partial charge in [0.05, 0.1) is 31.8 Å². The summed E-state index contributed by atoms with van der Waals surface area (Å²) in [5, 5.41) is 14.1. The fourth-order valence-electron chi connectivity index (χ4n) is 4.47. The van der Waals surface area contributed by atoms with Crippen molar-refractivity contribution in [2.75, 3.05) is 20.2 Å². The molecule has 2 amide bonds. The highest BCUT2D eigenvalue weighted by atomic mass is 35.5. The molecule has 3 aliphatic rings. The van der Waals surface area contributed by atoms with E-state index < -0.39 is 12.4 Å². The lowest BCUT2D eigenvalue weighted by atomic mass is 9.99. The number of aliphatic imine (C=N–C) groups is 1. The van der Waals surface area contributed by atoms with E-state index in [0.29, 0.717) is 41.8 Å². The van der Waals surface area contributed by atoms with Crippen molar-refractivity contribution >= 4 is 40.9 Å². The summed E-state index contributed by atoms with van der Waals surface area (Å²) >= 11 is 7.87. The molecule has 2 atom stereocenters. The molecule has 4 heterocycles. The molecule has 5 rings (SSSR count). The summed E-state index contributed by atoms with van der Waals surface area (Å²) in [6.07, 6.45) is 6.99. The predicted octanol–water partition coefficient (Wildman–Crippen LogP) is 3.28. The third-order valence-electron chi connectivity index (χ3n) is 6.20. The molecule has 0 saturated carbocycles. The Labute approximate surface area is 201 Å². The number of nitrogens with zero attached hydrogens (tertiary/aromatic N) is 4. The highest BCUT2D eigenvalue weighted by Gasteiger charge is 2.31. The standard InChI is InChI=1S/C23H26ClN5O3S/c1-32-21-17(24)6-7-18(26-21)16-8-9-28(12-19(16)30)22-25-13-29(23(31)27-22)11-15-10-14-4-2-3-5-20(14)33-15/h6-8,10,13,19,22,30H,2-5,9,11-12H2,1H3,(H,27,31)/t19-,22?/m0/s1. The first-order chi connectivity index (χ1) is 16.0. The first-order valence-corrected chi connectivity index (χ1v) is 12.2. The van der Waals surface area contributed by atoms with Gasteiger partial charge in [0.15, 0.2) is 6.29 Å². The Hall–Kier alpha value is -2.46. The second-order valence-corrected chi connectivity index (χ2v) is 10.0. The van der Waals surface area contributed by atoms with Crippen molar-refractivity contribution in [3.8, 4) is 5.88 Å². The van der Waals surface area contributed by atoms with Gasteiger partial charge in [-0.05, 0) is 49.4 Å². The van der Waals surface area contributed by atoms with Crippen LogP contribution in [0.1, 0.15) is 33.9 Å². The van der Waals surface area contributed by atoms with E-state index in [9.17, 15) is 9.90 Å². The number of hydrogen-bond donors (Lipinski definition) is 2. The minimum Gasteiger partial charge on any atom is -0.480 e. The highest BCUT2D eigenvalue weighted by molar-refractivity contribution is 7.12. The number of carbonyl (C=O) groups is 1. The average Bonchev–Trinajstić information content (AvgIpc) is 3.23. The number of carbonyl (C=O) groups excluding carboxylic acids is 1. The van der Waals surface area contributed by atoms with Crippen LogP contribution in [-0.2, 0) is 19.4 Å². The van der Waals surface area contributed by atoms with Gasteiger partial charge in [0.1, 0.15) is 5.02 Å². The van der Waals surface area contributed by atoms with Gasteiger partial charge < -0.3 is 15.2 Å². The van der Waals surface area contributed by atoms with E-state index in [-0.39, 0.29) is 6.03 Å². The summed E-state index contributed by atoms with van der Waals surface area (Å²) in [6, 6.07) is 5.51. The van der Waals surface area contributed by atoms with E-state index in [0.717, 1.165) is 12.8 Å². The number of methoxy groups -OCH3 is 1. The molecule has 0 fully saturated rings. The number of urea groups is 1. The average molecular weight is 488 g/mol. The van der Waals surface area contributed by atoms with E-state index in [2.05, 4.69) is 21.4 Å². The molecular weight excluding hydrogens is 462 g/mol. The molecule has 0 aromatic carbocycles. The summed E-state index contributed by atoms with van der Waals surface area (Å²) in [5.41, 5.74) is 2.76. The summed E-state index contributed by atoms with van der Waals surface area (Å²) in [5.74, 6) is 0.320. The van der Waals surface area contributed by atoms with Gasteiger partial charge in [0.25, 0.3) is 0 Å². The van der Waals surface area contributed by atoms with Crippen LogP contribution < -0.4 is 10.1 Å². The van der Waals surface area contributed by atoms with E-state index in [1.807, 2.05) is 11.0 Å². The number of ether oxygens (including phenoxy) is 1. The van der Waals surface area contributed by atoms with Crippen LogP contribution in [0.15, 0.2) is 29.3 Å². The molecule has 1 unspecified atom stereocenters. The minimum atomic E-state index is -0.778. The van der Waals surface area contributed by atoms with Crippen LogP contribution in [0.2, 0.25) is 5.02 Å².